The van der Waals surface area contributed by atoms with Crippen LogP contribution in [0.3, 0.4) is 0 Å². The predicted molar refractivity (Wildman–Crippen MR) is 112 cm³/mol. The Labute approximate surface area is 182 Å². The summed E-state index contributed by atoms with van der Waals surface area (Å²) in [5.74, 6) is 2.33. The lowest BCUT2D eigenvalue weighted by molar-refractivity contribution is -0.142. The first kappa shape index (κ1) is 20.9. The van der Waals surface area contributed by atoms with Gasteiger partial charge in [0.05, 0.1) is 25.2 Å². The summed E-state index contributed by atoms with van der Waals surface area (Å²) in [6.45, 7) is 4.50. The molecule has 4 rings (SSSR count). The molecular formula is C21H21N5O4S. The zero-order chi connectivity index (χ0) is 21.6. The van der Waals surface area contributed by atoms with Gasteiger partial charge in [-0.3, -0.25) is 9.36 Å². The Balaban J connectivity index is 1.49. The lowest BCUT2D eigenvalue weighted by Gasteiger charge is -2.08. The number of hydrogen-bond donors (Lipinski definition) is 0. The van der Waals surface area contributed by atoms with E-state index in [1.807, 2.05) is 47.9 Å². The van der Waals surface area contributed by atoms with E-state index in [4.69, 9.17) is 13.7 Å². The number of benzene rings is 1. The molecule has 4 aromatic rings. The quantitative estimate of drug-likeness (QED) is 0.285. The first-order chi connectivity index (χ1) is 15.1. The van der Waals surface area contributed by atoms with Crippen molar-refractivity contribution in [1.29, 1.82) is 0 Å². The molecule has 9 nitrogen and oxygen atoms in total. The Bertz CT molecular complexity index is 1140. The average molecular weight is 439 g/mol. The summed E-state index contributed by atoms with van der Waals surface area (Å²) < 4.78 is 17.7. The number of nitrogens with zero attached hydrogens (tertiary/aromatic N) is 5. The molecule has 0 unspecified atom stereocenters. The number of rotatable bonds is 9. The van der Waals surface area contributed by atoms with Gasteiger partial charge in [-0.2, -0.15) is 4.98 Å². The topological polar surface area (TPSA) is 109 Å². The molecule has 0 bridgehead atoms. The van der Waals surface area contributed by atoms with Crippen LogP contribution in [0.5, 0.6) is 0 Å². The fraction of sp³-hybridized carbons (Fsp3) is 0.286. The van der Waals surface area contributed by atoms with Gasteiger partial charge in [0.1, 0.15) is 18.0 Å². The van der Waals surface area contributed by atoms with Crippen LogP contribution in [-0.2, 0) is 28.2 Å². The van der Waals surface area contributed by atoms with Crippen molar-refractivity contribution < 1.29 is 18.5 Å². The van der Waals surface area contributed by atoms with Gasteiger partial charge in [-0.15, -0.1) is 10.2 Å². The van der Waals surface area contributed by atoms with E-state index in [2.05, 4.69) is 20.3 Å². The molecule has 0 aliphatic heterocycles. The number of thioether (sulfide) groups is 1. The Morgan fingerprint density at radius 3 is 2.77 bits per heavy atom. The van der Waals surface area contributed by atoms with Gasteiger partial charge >= 0.3 is 5.97 Å². The van der Waals surface area contributed by atoms with Crippen LogP contribution >= 0.6 is 11.8 Å². The summed E-state index contributed by atoms with van der Waals surface area (Å²) in [4.78, 5) is 16.4. The van der Waals surface area contributed by atoms with Gasteiger partial charge in [0, 0.05) is 5.56 Å². The summed E-state index contributed by atoms with van der Waals surface area (Å²) >= 11 is 1.40. The number of hydrogen-bond acceptors (Lipinski definition) is 9. The van der Waals surface area contributed by atoms with Crippen molar-refractivity contribution >= 4 is 17.7 Å². The maximum absolute atomic E-state index is 11.9. The molecule has 0 saturated heterocycles. The molecule has 0 atom stereocenters. The van der Waals surface area contributed by atoms with E-state index in [1.165, 1.54) is 11.8 Å². The summed E-state index contributed by atoms with van der Waals surface area (Å²) in [6, 6.07) is 11.5. The van der Waals surface area contributed by atoms with Crippen molar-refractivity contribution in [2.24, 2.45) is 0 Å². The normalized spacial score (nSPS) is 11.0. The van der Waals surface area contributed by atoms with Crippen LogP contribution in [0.25, 0.3) is 11.5 Å². The number of aromatic nitrogens is 5. The van der Waals surface area contributed by atoms with Crippen LogP contribution in [0.4, 0.5) is 0 Å². The molecule has 0 radical (unpaired) electrons. The molecule has 0 saturated carbocycles. The van der Waals surface area contributed by atoms with Gasteiger partial charge in [-0.25, -0.2) is 0 Å². The predicted octanol–water partition coefficient (Wildman–Crippen LogP) is 3.68. The van der Waals surface area contributed by atoms with Gasteiger partial charge in [-0.05, 0) is 38.1 Å². The van der Waals surface area contributed by atoms with Gasteiger partial charge in [-0.1, -0.05) is 34.6 Å². The van der Waals surface area contributed by atoms with E-state index in [1.54, 1.807) is 13.2 Å². The Hall–Kier alpha value is -3.40. The molecule has 3 aromatic heterocycles. The minimum atomic E-state index is -0.354. The number of carbonyl (C=O) groups excluding carboxylic acids is 1. The van der Waals surface area contributed by atoms with Crippen molar-refractivity contribution in [3.05, 3.63) is 65.6 Å². The van der Waals surface area contributed by atoms with E-state index in [0.29, 0.717) is 41.6 Å². The van der Waals surface area contributed by atoms with E-state index >= 15 is 0 Å². The molecule has 0 aliphatic rings. The molecule has 0 spiro atoms. The standard InChI is InChI=1S/C21H21N5O4S/c1-3-28-19(27)11-18-23-24-21(26(18)12-16-5-4-10-29-16)31-13-17-22-20(30-25-17)15-8-6-14(2)7-9-15/h4-10H,3,11-13H2,1-2H3. The van der Waals surface area contributed by atoms with Crippen molar-refractivity contribution in [2.45, 2.75) is 37.7 Å². The van der Waals surface area contributed by atoms with Gasteiger partial charge in [0.2, 0.25) is 0 Å². The molecule has 3 heterocycles. The smallest absolute Gasteiger partial charge is 0.313 e. The molecule has 0 amide bonds. The highest BCUT2D eigenvalue weighted by Gasteiger charge is 2.19. The molecule has 160 valence electrons. The van der Waals surface area contributed by atoms with Crippen molar-refractivity contribution in [3.63, 3.8) is 0 Å². The van der Waals surface area contributed by atoms with Crippen LogP contribution in [-0.4, -0.2) is 37.5 Å². The van der Waals surface area contributed by atoms with Crippen LogP contribution in [0, 0.1) is 6.92 Å². The largest absolute Gasteiger partial charge is 0.467 e. The summed E-state index contributed by atoms with van der Waals surface area (Å²) in [5, 5.41) is 13.1. The number of esters is 1. The average Bonchev–Trinajstić information content (AvgIpc) is 3.51. The molecular weight excluding hydrogens is 418 g/mol. The molecule has 1 aromatic carbocycles. The van der Waals surface area contributed by atoms with E-state index in [-0.39, 0.29) is 12.4 Å². The molecule has 0 fully saturated rings. The second-order valence-electron chi connectivity index (χ2n) is 6.72. The van der Waals surface area contributed by atoms with Gasteiger partial charge < -0.3 is 13.7 Å². The third-order valence-electron chi connectivity index (χ3n) is 4.39. The van der Waals surface area contributed by atoms with Gasteiger partial charge in [0.15, 0.2) is 11.0 Å². The number of ether oxygens (including phenoxy) is 1. The highest BCUT2D eigenvalue weighted by Crippen LogP contribution is 2.24. The van der Waals surface area contributed by atoms with E-state index in [0.717, 1.165) is 16.9 Å². The Morgan fingerprint density at radius 1 is 1.19 bits per heavy atom. The minimum Gasteiger partial charge on any atom is -0.467 e. The number of aryl methyl sites for hydroxylation is 1. The fourth-order valence-electron chi connectivity index (χ4n) is 2.87. The van der Waals surface area contributed by atoms with Crippen LogP contribution in [0.15, 0.2) is 56.8 Å². The van der Waals surface area contributed by atoms with E-state index < -0.39 is 0 Å². The highest BCUT2D eigenvalue weighted by molar-refractivity contribution is 7.98. The summed E-state index contributed by atoms with van der Waals surface area (Å²) in [6.07, 6.45) is 1.63. The van der Waals surface area contributed by atoms with Gasteiger partial charge in [0.25, 0.3) is 5.89 Å². The molecule has 10 heteroatoms. The van der Waals surface area contributed by atoms with Crippen molar-refractivity contribution in [1.82, 2.24) is 24.9 Å². The Morgan fingerprint density at radius 2 is 2.03 bits per heavy atom. The highest BCUT2D eigenvalue weighted by atomic mass is 32.2. The van der Waals surface area contributed by atoms with Crippen molar-refractivity contribution in [2.75, 3.05) is 6.61 Å². The third kappa shape index (κ3) is 5.21. The number of furan rings is 1. The zero-order valence-electron chi connectivity index (χ0n) is 17.1. The first-order valence-electron chi connectivity index (χ1n) is 9.75. The second kappa shape index (κ2) is 9.61. The lowest BCUT2D eigenvalue weighted by Crippen LogP contribution is -2.14. The monoisotopic (exact) mass is 439 g/mol. The van der Waals surface area contributed by atoms with Crippen molar-refractivity contribution in [3.8, 4) is 11.5 Å². The summed E-state index contributed by atoms with van der Waals surface area (Å²) in [7, 11) is 0. The Kier molecular flexibility index (Phi) is 6.46. The van der Waals surface area contributed by atoms with Crippen LogP contribution in [0.1, 0.15) is 29.9 Å². The lowest BCUT2D eigenvalue weighted by atomic mass is 10.1. The number of carbonyl (C=O) groups is 1. The van der Waals surface area contributed by atoms with Crippen LogP contribution in [0.2, 0.25) is 0 Å². The zero-order valence-corrected chi connectivity index (χ0v) is 18.0. The second-order valence-corrected chi connectivity index (χ2v) is 7.66. The summed E-state index contributed by atoms with van der Waals surface area (Å²) in [5.41, 5.74) is 2.03. The minimum absolute atomic E-state index is 0.0297. The first-order valence-corrected chi connectivity index (χ1v) is 10.7. The molecule has 31 heavy (non-hydrogen) atoms. The van der Waals surface area contributed by atoms with Crippen LogP contribution < -0.4 is 0 Å². The third-order valence-corrected chi connectivity index (χ3v) is 5.36. The fourth-order valence-corrected chi connectivity index (χ4v) is 3.67. The maximum Gasteiger partial charge on any atom is 0.313 e. The maximum atomic E-state index is 11.9. The molecule has 0 N–H and O–H groups in total. The SMILES string of the molecule is CCOC(=O)Cc1nnc(SCc2noc(-c3ccc(C)cc3)n2)n1Cc1ccco1. The van der Waals surface area contributed by atoms with E-state index in [9.17, 15) is 4.79 Å². The molecule has 0 aliphatic carbocycles.